The number of morpholine rings is 1. The van der Waals surface area contributed by atoms with Gasteiger partial charge in [-0.3, -0.25) is 9.59 Å². The molecule has 23 heavy (non-hydrogen) atoms. The zero-order valence-corrected chi connectivity index (χ0v) is 14.2. The molecule has 6 heteroatoms. The van der Waals surface area contributed by atoms with E-state index in [-0.39, 0.29) is 24.0 Å². The average Bonchev–Trinajstić information content (AvgIpc) is 2.91. The van der Waals surface area contributed by atoms with E-state index in [1.807, 2.05) is 13.8 Å². The Balaban J connectivity index is 1.92. The molecule has 0 bridgehead atoms. The summed E-state index contributed by atoms with van der Waals surface area (Å²) >= 11 is 6.10. The molecule has 5 nitrogen and oxygen atoms in total. The first-order valence-corrected chi connectivity index (χ1v) is 8.38. The van der Waals surface area contributed by atoms with Crippen LogP contribution in [0.2, 0.25) is 5.02 Å². The van der Waals surface area contributed by atoms with Crippen LogP contribution in [0.25, 0.3) is 0 Å². The van der Waals surface area contributed by atoms with Crippen LogP contribution in [0.4, 0.5) is 5.69 Å². The summed E-state index contributed by atoms with van der Waals surface area (Å²) in [5.41, 5.74) is 1.16. The number of carbonyl (C=O) groups is 2. The van der Waals surface area contributed by atoms with Crippen LogP contribution in [0.15, 0.2) is 18.2 Å². The van der Waals surface area contributed by atoms with Gasteiger partial charge in [-0.15, -0.1) is 0 Å². The first-order chi connectivity index (χ1) is 11.0. The highest BCUT2D eigenvalue weighted by Crippen LogP contribution is 2.30. The van der Waals surface area contributed by atoms with E-state index < -0.39 is 0 Å². The van der Waals surface area contributed by atoms with Gasteiger partial charge in [0.05, 0.1) is 23.5 Å². The Bertz CT molecular complexity index is 624. The van der Waals surface area contributed by atoms with E-state index in [1.165, 1.54) is 0 Å². The third kappa shape index (κ3) is 3.35. The molecule has 0 aliphatic carbocycles. The van der Waals surface area contributed by atoms with Crippen molar-refractivity contribution in [2.24, 2.45) is 0 Å². The second-order valence-corrected chi connectivity index (χ2v) is 6.71. The summed E-state index contributed by atoms with van der Waals surface area (Å²) in [5, 5.41) is 0.528. The largest absolute Gasteiger partial charge is 0.372 e. The van der Waals surface area contributed by atoms with Gasteiger partial charge in [-0.2, -0.15) is 0 Å². The number of carbonyl (C=O) groups excluding carboxylic acids is 2. The van der Waals surface area contributed by atoms with Crippen molar-refractivity contribution in [3.8, 4) is 0 Å². The minimum absolute atomic E-state index is 0.00636. The molecule has 2 heterocycles. The van der Waals surface area contributed by atoms with Crippen LogP contribution in [0.3, 0.4) is 0 Å². The fraction of sp³-hybridized carbons (Fsp3) is 0.529. The van der Waals surface area contributed by atoms with Gasteiger partial charge in [0.2, 0.25) is 5.91 Å². The molecule has 2 aliphatic rings. The highest BCUT2D eigenvalue weighted by molar-refractivity contribution is 6.31. The van der Waals surface area contributed by atoms with Crippen molar-refractivity contribution in [1.82, 2.24) is 4.90 Å². The quantitative estimate of drug-likeness (QED) is 0.834. The summed E-state index contributed by atoms with van der Waals surface area (Å²) in [4.78, 5) is 28.5. The Kier molecular flexibility index (Phi) is 4.60. The van der Waals surface area contributed by atoms with Crippen molar-refractivity contribution in [2.45, 2.75) is 38.9 Å². The molecule has 0 unspecified atom stereocenters. The topological polar surface area (TPSA) is 49.9 Å². The van der Waals surface area contributed by atoms with Crippen LogP contribution in [-0.2, 0) is 9.53 Å². The van der Waals surface area contributed by atoms with Gasteiger partial charge in [0.1, 0.15) is 0 Å². The summed E-state index contributed by atoms with van der Waals surface area (Å²) in [5.74, 6) is -0.0246. The van der Waals surface area contributed by atoms with E-state index in [2.05, 4.69) is 0 Å². The van der Waals surface area contributed by atoms with Crippen molar-refractivity contribution in [3.63, 3.8) is 0 Å². The van der Waals surface area contributed by atoms with Crippen molar-refractivity contribution < 1.29 is 14.3 Å². The van der Waals surface area contributed by atoms with Crippen molar-refractivity contribution >= 4 is 29.1 Å². The predicted molar refractivity (Wildman–Crippen MR) is 89.0 cm³/mol. The van der Waals surface area contributed by atoms with Crippen molar-refractivity contribution in [2.75, 3.05) is 24.5 Å². The molecular weight excluding hydrogens is 316 g/mol. The molecule has 2 amide bonds. The minimum atomic E-state index is -0.0710. The second-order valence-electron chi connectivity index (χ2n) is 6.28. The zero-order valence-electron chi connectivity index (χ0n) is 13.4. The number of anilines is 1. The number of rotatable bonds is 2. The molecule has 2 saturated heterocycles. The molecule has 3 rings (SSSR count). The Morgan fingerprint density at radius 3 is 2.57 bits per heavy atom. The lowest BCUT2D eigenvalue weighted by atomic mass is 10.1. The van der Waals surface area contributed by atoms with Crippen LogP contribution in [0.1, 0.15) is 37.0 Å². The lowest BCUT2D eigenvalue weighted by molar-refractivity contribution is -0.117. The summed E-state index contributed by atoms with van der Waals surface area (Å²) in [6.07, 6.45) is 1.34. The molecule has 1 aromatic carbocycles. The number of benzene rings is 1. The fourth-order valence-corrected chi connectivity index (χ4v) is 3.49. The van der Waals surface area contributed by atoms with Crippen LogP contribution < -0.4 is 4.90 Å². The molecule has 2 aliphatic heterocycles. The van der Waals surface area contributed by atoms with Crippen LogP contribution >= 0.6 is 11.6 Å². The van der Waals surface area contributed by atoms with Gasteiger partial charge in [-0.25, -0.2) is 0 Å². The van der Waals surface area contributed by atoms with Gasteiger partial charge in [0.25, 0.3) is 5.91 Å². The molecule has 0 radical (unpaired) electrons. The highest BCUT2D eigenvalue weighted by Gasteiger charge is 2.31. The maximum atomic E-state index is 13.0. The van der Waals surface area contributed by atoms with E-state index in [1.54, 1.807) is 28.0 Å². The number of halogens is 1. The SMILES string of the molecule is C[C@@H]1CN(C(=O)c2ccc(Cl)cc2N2CCCC2=O)C[C@H](C)O1. The number of ether oxygens (including phenoxy) is 1. The summed E-state index contributed by atoms with van der Waals surface area (Å²) in [7, 11) is 0. The van der Waals surface area contributed by atoms with Crippen molar-refractivity contribution in [3.05, 3.63) is 28.8 Å². The summed E-state index contributed by atoms with van der Waals surface area (Å²) in [6, 6.07) is 5.13. The summed E-state index contributed by atoms with van der Waals surface area (Å²) in [6.45, 7) is 5.67. The van der Waals surface area contributed by atoms with Gasteiger partial charge in [0.15, 0.2) is 0 Å². The standard InChI is InChI=1S/C17H21ClN2O3/c1-11-9-19(10-12(2)23-11)17(22)14-6-5-13(18)8-15(14)20-7-3-4-16(20)21/h5-6,8,11-12H,3-4,7,9-10H2,1-2H3/t11-,12+. The normalized spacial score (nSPS) is 25.1. The zero-order chi connectivity index (χ0) is 16.6. The van der Waals surface area contributed by atoms with Crippen LogP contribution in [-0.4, -0.2) is 48.6 Å². The molecule has 0 spiro atoms. The Morgan fingerprint density at radius 2 is 1.96 bits per heavy atom. The third-order valence-electron chi connectivity index (χ3n) is 4.26. The van der Waals surface area contributed by atoms with E-state index in [9.17, 15) is 9.59 Å². The van der Waals surface area contributed by atoms with Crippen LogP contribution in [0, 0.1) is 0 Å². The molecule has 124 valence electrons. The predicted octanol–water partition coefficient (Wildman–Crippen LogP) is 2.72. The fourth-order valence-electron chi connectivity index (χ4n) is 3.33. The molecule has 0 saturated carbocycles. The number of amides is 2. The average molecular weight is 337 g/mol. The van der Waals surface area contributed by atoms with E-state index in [0.29, 0.717) is 42.3 Å². The number of hydrogen-bond acceptors (Lipinski definition) is 3. The van der Waals surface area contributed by atoms with Crippen LogP contribution in [0.5, 0.6) is 0 Å². The number of hydrogen-bond donors (Lipinski definition) is 0. The molecule has 1 aromatic rings. The maximum absolute atomic E-state index is 13.0. The Morgan fingerprint density at radius 1 is 1.26 bits per heavy atom. The van der Waals surface area contributed by atoms with E-state index >= 15 is 0 Å². The Hall–Kier alpha value is -1.59. The molecule has 0 N–H and O–H groups in total. The van der Waals surface area contributed by atoms with Gasteiger partial charge in [-0.1, -0.05) is 11.6 Å². The highest BCUT2D eigenvalue weighted by atomic mass is 35.5. The lowest BCUT2D eigenvalue weighted by Crippen LogP contribution is -2.48. The number of nitrogens with zero attached hydrogens (tertiary/aromatic N) is 2. The second kappa shape index (κ2) is 6.49. The molecule has 0 aromatic heterocycles. The van der Waals surface area contributed by atoms with E-state index in [0.717, 1.165) is 6.42 Å². The van der Waals surface area contributed by atoms with Gasteiger partial charge >= 0.3 is 0 Å². The Labute approximate surface area is 141 Å². The van der Waals surface area contributed by atoms with Crippen molar-refractivity contribution in [1.29, 1.82) is 0 Å². The minimum Gasteiger partial charge on any atom is -0.372 e. The smallest absolute Gasteiger partial charge is 0.256 e. The maximum Gasteiger partial charge on any atom is 0.256 e. The van der Waals surface area contributed by atoms with Gasteiger partial charge < -0.3 is 14.5 Å². The first-order valence-electron chi connectivity index (χ1n) is 8.00. The van der Waals surface area contributed by atoms with Gasteiger partial charge in [0, 0.05) is 31.1 Å². The van der Waals surface area contributed by atoms with Gasteiger partial charge in [-0.05, 0) is 38.5 Å². The summed E-state index contributed by atoms with van der Waals surface area (Å²) < 4.78 is 5.69. The molecular formula is C17H21ClN2O3. The van der Waals surface area contributed by atoms with E-state index in [4.69, 9.17) is 16.3 Å². The first kappa shape index (κ1) is 16.3. The third-order valence-corrected chi connectivity index (χ3v) is 4.50. The molecule has 2 fully saturated rings. The molecule has 2 atom stereocenters. The lowest BCUT2D eigenvalue weighted by Gasteiger charge is -2.36. The monoisotopic (exact) mass is 336 g/mol.